The summed E-state index contributed by atoms with van der Waals surface area (Å²) in [4.78, 5) is 15.1. The van der Waals surface area contributed by atoms with Crippen LogP contribution < -0.4 is 0 Å². The standard InChI is InChI=1S/C11H12FNO/c1-8(14)11(2-3-11)5-9-4-10(12)7-13-6-9/h4,6-7H,2-3,5H2,1H3. The molecule has 1 aliphatic rings. The highest BCUT2D eigenvalue weighted by molar-refractivity contribution is 5.85. The maximum absolute atomic E-state index is 12.8. The van der Waals surface area contributed by atoms with Gasteiger partial charge in [-0.15, -0.1) is 0 Å². The van der Waals surface area contributed by atoms with Crippen LogP contribution in [0.5, 0.6) is 0 Å². The molecule has 0 N–H and O–H groups in total. The quantitative estimate of drug-likeness (QED) is 0.736. The fourth-order valence-corrected chi connectivity index (χ4v) is 1.75. The summed E-state index contributed by atoms with van der Waals surface area (Å²) in [5.41, 5.74) is 0.618. The second kappa shape index (κ2) is 3.15. The molecule has 2 nitrogen and oxygen atoms in total. The SMILES string of the molecule is CC(=O)C1(Cc2cncc(F)c2)CC1. The lowest BCUT2D eigenvalue weighted by molar-refractivity contribution is -0.121. The zero-order valence-electron chi connectivity index (χ0n) is 8.09. The smallest absolute Gasteiger partial charge is 0.141 e. The van der Waals surface area contributed by atoms with Gasteiger partial charge < -0.3 is 0 Å². The van der Waals surface area contributed by atoms with Crippen molar-refractivity contribution >= 4 is 5.78 Å². The van der Waals surface area contributed by atoms with Crippen molar-refractivity contribution in [2.45, 2.75) is 26.2 Å². The van der Waals surface area contributed by atoms with Crippen LogP contribution in [0.25, 0.3) is 0 Å². The van der Waals surface area contributed by atoms with Gasteiger partial charge in [0.1, 0.15) is 11.6 Å². The van der Waals surface area contributed by atoms with E-state index in [-0.39, 0.29) is 17.0 Å². The van der Waals surface area contributed by atoms with Crippen LogP contribution in [-0.2, 0) is 11.2 Å². The fourth-order valence-electron chi connectivity index (χ4n) is 1.75. The van der Waals surface area contributed by atoms with Gasteiger partial charge >= 0.3 is 0 Å². The maximum Gasteiger partial charge on any atom is 0.141 e. The van der Waals surface area contributed by atoms with E-state index in [1.165, 1.54) is 12.3 Å². The number of aromatic nitrogens is 1. The maximum atomic E-state index is 12.8. The lowest BCUT2D eigenvalue weighted by atomic mass is 9.94. The van der Waals surface area contributed by atoms with E-state index >= 15 is 0 Å². The zero-order valence-corrected chi connectivity index (χ0v) is 8.09. The summed E-state index contributed by atoms with van der Waals surface area (Å²) in [6.45, 7) is 1.61. The highest BCUT2D eigenvalue weighted by atomic mass is 19.1. The Morgan fingerprint density at radius 1 is 1.57 bits per heavy atom. The van der Waals surface area contributed by atoms with Gasteiger partial charge in [-0.25, -0.2) is 4.39 Å². The van der Waals surface area contributed by atoms with E-state index in [1.807, 2.05) is 0 Å². The number of nitrogens with zero attached hydrogens (tertiary/aromatic N) is 1. The van der Waals surface area contributed by atoms with E-state index in [0.29, 0.717) is 6.42 Å². The van der Waals surface area contributed by atoms with Crippen molar-refractivity contribution < 1.29 is 9.18 Å². The van der Waals surface area contributed by atoms with E-state index in [9.17, 15) is 9.18 Å². The van der Waals surface area contributed by atoms with Gasteiger partial charge in [0, 0.05) is 11.6 Å². The van der Waals surface area contributed by atoms with Gasteiger partial charge in [0.25, 0.3) is 0 Å². The number of carbonyl (C=O) groups is 1. The summed E-state index contributed by atoms with van der Waals surface area (Å²) < 4.78 is 12.8. The van der Waals surface area contributed by atoms with Crippen LogP contribution in [0.1, 0.15) is 25.3 Å². The topological polar surface area (TPSA) is 30.0 Å². The Morgan fingerprint density at radius 3 is 2.79 bits per heavy atom. The number of Topliss-reactive ketones (excluding diaryl/α,β-unsaturated/α-hetero) is 1. The Morgan fingerprint density at radius 2 is 2.29 bits per heavy atom. The van der Waals surface area contributed by atoms with Gasteiger partial charge in [-0.2, -0.15) is 0 Å². The Hall–Kier alpha value is -1.25. The van der Waals surface area contributed by atoms with Crippen LogP contribution in [0.4, 0.5) is 4.39 Å². The molecule has 0 aliphatic heterocycles. The summed E-state index contributed by atoms with van der Waals surface area (Å²) in [7, 11) is 0. The lowest BCUT2D eigenvalue weighted by Crippen LogP contribution is -2.15. The zero-order chi connectivity index (χ0) is 10.2. The van der Waals surface area contributed by atoms with Crippen LogP contribution in [0, 0.1) is 11.2 Å². The summed E-state index contributed by atoms with van der Waals surface area (Å²) in [5, 5.41) is 0. The first-order valence-electron chi connectivity index (χ1n) is 4.73. The molecule has 0 saturated heterocycles. The first-order chi connectivity index (χ1) is 6.62. The van der Waals surface area contributed by atoms with E-state index in [1.54, 1.807) is 13.1 Å². The third kappa shape index (κ3) is 1.67. The molecule has 0 amide bonds. The predicted octanol–water partition coefficient (Wildman–Crippen LogP) is 2.13. The van der Waals surface area contributed by atoms with Crippen LogP contribution in [-0.4, -0.2) is 10.8 Å². The number of pyridine rings is 1. The molecule has 74 valence electrons. The average Bonchev–Trinajstić information content (AvgIpc) is 2.85. The number of rotatable bonds is 3. The Kier molecular flexibility index (Phi) is 2.10. The van der Waals surface area contributed by atoms with Crippen molar-refractivity contribution in [2.24, 2.45) is 5.41 Å². The first-order valence-corrected chi connectivity index (χ1v) is 4.73. The fraction of sp³-hybridized carbons (Fsp3) is 0.455. The molecule has 1 aromatic rings. The number of halogens is 1. The minimum absolute atomic E-state index is 0.199. The third-order valence-electron chi connectivity index (χ3n) is 2.90. The molecule has 0 bridgehead atoms. The highest BCUT2D eigenvalue weighted by Crippen LogP contribution is 2.49. The van der Waals surface area contributed by atoms with Gasteiger partial charge in [0.05, 0.1) is 6.20 Å². The predicted molar refractivity (Wildman–Crippen MR) is 50.2 cm³/mol. The van der Waals surface area contributed by atoms with Gasteiger partial charge in [0.15, 0.2) is 0 Å². The number of ketones is 1. The van der Waals surface area contributed by atoms with Crippen molar-refractivity contribution in [3.05, 3.63) is 29.8 Å². The molecule has 1 heterocycles. The molecule has 0 unspecified atom stereocenters. The molecule has 1 aromatic heterocycles. The normalized spacial score (nSPS) is 17.9. The molecular weight excluding hydrogens is 181 g/mol. The molecule has 14 heavy (non-hydrogen) atoms. The number of carbonyl (C=O) groups excluding carboxylic acids is 1. The van der Waals surface area contributed by atoms with E-state index in [0.717, 1.165) is 18.4 Å². The molecule has 1 aliphatic carbocycles. The van der Waals surface area contributed by atoms with Gasteiger partial charge in [0.2, 0.25) is 0 Å². The second-order valence-electron chi connectivity index (χ2n) is 4.02. The van der Waals surface area contributed by atoms with Crippen molar-refractivity contribution in [3.8, 4) is 0 Å². The molecule has 0 spiro atoms. The third-order valence-corrected chi connectivity index (χ3v) is 2.90. The number of hydrogen-bond donors (Lipinski definition) is 0. The van der Waals surface area contributed by atoms with E-state index in [4.69, 9.17) is 0 Å². The van der Waals surface area contributed by atoms with Gasteiger partial charge in [-0.05, 0) is 37.8 Å². The summed E-state index contributed by atoms with van der Waals surface area (Å²) in [6.07, 6.45) is 5.30. The second-order valence-corrected chi connectivity index (χ2v) is 4.02. The van der Waals surface area contributed by atoms with Gasteiger partial charge in [-0.1, -0.05) is 0 Å². The van der Waals surface area contributed by atoms with Crippen LogP contribution in [0.2, 0.25) is 0 Å². The molecule has 1 fully saturated rings. The molecule has 0 radical (unpaired) electrons. The minimum Gasteiger partial charge on any atom is -0.299 e. The molecule has 2 rings (SSSR count). The van der Waals surface area contributed by atoms with Crippen LogP contribution in [0.3, 0.4) is 0 Å². The molecule has 0 aromatic carbocycles. The van der Waals surface area contributed by atoms with E-state index in [2.05, 4.69) is 4.98 Å². The molecule has 3 heteroatoms. The van der Waals surface area contributed by atoms with Crippen molar-refractivity contribution in [3.63, 3.8) is 0 Å². The Labute approximate surface area is 82.2 Å². The average molecular weight is 193 g/mol. The minimum atomic E-state index is -0.332. The van der Waals surface area contributed by atoms with Crippen LogP contribution in [0.15, 0.2) is 18.5 Å². The number of hydrogen-bond acceptors (Lipinski definition) is 2. The summed E-state index contributed by atoms with van der Waals surface area (Å²) in [5.74, 6) is -0.122. The Bertz CT molecular complexity index is 371. The van der Waals surface area contributed by atoms with Gasteiger partial charge in [-0.3, -0.25) is 9.78 Å². The van der Waals surface area contributed by atoms with Crippen molar-refractivity contribution in [1.82, 2.24) is 4.98 Å². The first kappa shape index (κ1) is 9.31. The molecule has 1 saturated carbocycles. The van der Waals surface area contributed by atoms with Crippen LogP contribution >= 0.6 is 0 Å². The molecule has 0 atom stereocenters. The monoisotopic (exact) mass is 193 g/mol. The molecular formula is C11H12FNO. The summed E-state index contributed by atoms with van der Waals surface area (Å²) >= 11 is 0. The lowest BCUT2D eigenvalue weighted by Gasteiger charge is -2.10. The summed E-state index contributed by atoms with van der Waals surface area (Å²) in [6, 6.07) is 1.45. The largest absolute Gasteiger partial charge is 0.299 e. The van der Waals surface area contributed by atoms with Crippen molar-refractivity contribution in [2.75, 3.05) is 0 Å². The highest BCUT2D eigenvalue weighted by Gasteiger charge is 2.46. The Balaban J connectivity index is 2.15. The van der Waals surface area contributed by atoms with Crippen molar-refractivity contribution in [1.29, 1.82) is 0 Å². The van der Waals surface area contributed by atoms with E-state index < -0.39 is 0 Å².